The second-order valence-corrected chi connectivity index (χ2v) is 6.37. The monoisotopic (exact) mass is 270 g/mol. The molecule has 1 aromatic heterocycles. The molecule has 0 unspecified atom stereocenters. The van der Waals surface area contributed by atoms with Crippen LogP contribution in [0.25, 0.3) is 0 Å². The molecule has 2 rings (SSSR count). The molecular formula is C11H18N4O2S. The lowest BCUT2D eigenvalue weighted by molar-refractivity contribution is 0.430. The van der Waals surface area contributed by atoms with Gasteiger partial charge in [0.1, 0.15) is 4.90 Å². The minimum atomic E-state index is -3.50. The Morgan fingerprint density at radius 1 is 1.50 bits per heavy atom. The second-order valence-electron chi connectivity index (χ2n) is 4.49. The SMILES string of the molecule is CC1=CCN(S(=O)(=O)c2c(CN)n[nH]c2C)CC1. The van der Waals surface area contributed by atoms with Crippen LogP contribution in [0.5, 0.6) is 0 Å². The van der Waals surface area contributed by atoms with Crippen molar-refractivity contribution in [3.8, 4) is 0 Å². The maximum Gasteiger partial charge on any atom is 0.247 e. The highest BCUT2D eigenvalue weighted by Crippen LogP contribution is 2.24. The van der Waals surface area contributed by atoms with E-state index >= 15 is 0 Å². The van der Waals surface area contributed by atoms with Gasteiger partial charge in [-0.3, -0.25) is 5.10 Å². The van der Waals surface area contributed by atoms with Crippen molar-refractivity contribution >= 4 is 10.0 Å². The molecular weight excluding hydrogens is 252 g/mol. The Morgan fingerprint density at radius 2 is 2.22 bits per heavy atom. The molecule has 1 aliphatic heterocycles. The van der Waals surface area contributed by atoms with Gasteiger partial charge in [-0.25, -0.2) is 8.42 Å². The van der Waals surface area contributed by atoms with Crippen molar-refractivity contribution in [3.05, 3.63) is 23.0 Å². The third kappa shape index (κ3) is 2.21. The number of aromatic nitrogens is 2. The summed E-state index contributed by atoms with van der Waals surface area (Å²) >= 11 is 0. The van der Waals surface area contributed by atoms with Gasteiger partial charge >= 0.3 is 0 Å². The number of H-pyrrole nitrogens is 1. The predicted molar refractivity (Wildman–Crippen MR) is 68.3 cm³/mol. The Morgan fingerprint density at radius 3 is 2.78 bits per heavy atom. The van der Waals surface area contributed by atoms with E-state index in [-0.39, 0.29) is 11.4 Å². The van der Waals surface area contributed by atoms with Crippen LogP contribution >= 0.6 is 0 Å². The average Bonchev–Trinajstić information content (AvgIpc) is 2.71. The van der Waals surface area contributed by atoms with Gasteiger partial charge in [0.25, 0.3) is 0 Å². The van der Waals surface area contributed by atoms with Crippen molar-refractivity contribution in [1.29, 1.82) is 0 Å². The van der Waals surface area contributed by atoms with E-state index in [0.717, 1.165) is 6.42 Å². The Labute approximate surface area is 107 Å². The molecule has 0 atom stereocenters. The maximum absolute atomic E-state index is 12.5. The van der Waals surface area contributed by atoms with Crippen molar-refractivity contribution in [1.82, 2.24) is 14.5 Å². The lowest BCUT2D eigenvalue weighted by Crippen LogP contribution is -2.35. The van der Waals surface area contributed by atoms with Crippen LogP contribution in [-0.4, -0.2) is 36.0 Å². The summed E-state index contributed by atoms with van der Waals surface area (Å²) in [5.74, 6) is 0. The van der Waals surface area contributed by atoms with Crippen LogP contribution in [0.2, 0.25) is 0 Å². The molecule has 7 heteroatoms. The van der Waals surface area contributed by atoms with Gasteiger partial charge in [-0.1, -0.05) is 11.6 Å². The highest BCUT2D eigenvalue weighted by atomic mass is 32.2. The summed E-state index contributed by atoms with van der Waals surface area (Å²) in [6.07, 6.45) is 2.71. The summed E-state index contributed by atoms with van der Waals surface area (Å²) < 4.78 is 26.5. The minimum Gasteiger partial charge on any atom is -0.325 e. The Bertz CT molecular complexity index is 574. The van der Waals surface area contributed by atoms with Crippen molar-refractivity contribution in [2.24, 2.45) is 5.73 Å². The van der Waals surface area contributed by atoms with Crippen LogP contribution in [0.1, 0.15) is 24.7 Å². The van der Waals surface area contributed by atoms with Crippen LogP contribution in [0.15, 0.2) is 16.5 Å². The number of sulfonamides is 1. The first-order chi connectivity index (χ1) is 8.46. The molecule has 0 radical (unpaired) electrons. The molecule has 1 aliphatic rings. The van der Waals surface area contributed by atoms with Gasteiger partial charge in [0.15, 0.2) is 0 Å². The second kappa shape index (κ2) is 4.83. The predicted octanol–water partition coefficient (Wildman–Crippen LogP) is 0.518. The molecule has 0 aromatic carbocycles. The summed E-state index contributed by atoms with van der Waals surface area (Å²) in [6.45, 7) is 4.76. The van der Waals surface area contributed by atoms with Gasteiger partial charge in [0.05, 0.1) is 11.4 Å². The van der Waals surface area contributed by atoms with E-state index in [2.05, 4.69) is 10.2 Å². The number of nitrogens with zero attached hydrogens (tertiary/aromatic N) is 2. The number of rotatable bonds is 3. The third-order valence-electron chi connectivity index (χ3n) is 3.15. The summed E-state index contributed by atoms with van der Waals surface area (Å²) in [5, 5.41) is 6.63. The third-order valence-corrected chi connectivity index (χ3v) is 5.22. The molecule has 3 N–H and O–H groups in total. The van der Waals surface area contributed by atoms with Gasteiger partial charge in [0, 0.05) is 19.6 Å². The van der Waals surface area contributed by atoms with Gasteiger partial charge in [-0.05, 0) is 20.3 Å². The Balaban J connectivity index is 2.40. The van der Waals surface area contributed by atoms with Crippen LogP contribution in [0.4, 0.5) is 0 Å². The van der Waals surface area contributed by atoms with E-state index in [9.17, 15) is 8.42 Å². The fourth-order valence-corrected chi connectivity index (χ4v) is 3.77. The zero-order valence-corrected chi connectivity index (χ0v) is 11.4. The Kier molecular flexibility index (Phi) is 3.56. The zero-order chi connectivity index (χ0) is 13.3. The van der Waals surface area contributed by atoms with Crippen molar-refractivity contribution in [2.75, 3.05) is 13.1 Å². The maximum atomic E-state index is 12.5. The van der Waals surface area contributed by atoms with Crippen LogP contribution in [0.3, 0.4) is 0 Å². The quantitative estimate of drug-likeness (QED) is 0.783. The molecule has 6 nitrogen and oxygen atoms in total. The van der Waals surface area contributed by atoms with Crippen molar-refractivity contribution < 1.29 is 8.42 Å². The van der Waals surface area contributed by atoms with Gasteiger partial charge in [-0.2, -0.15) is 9.40 Å². The summed E-state index contributed by atoms with van der Waals surface area (Å²) in [4.78, 5) is 0.234. The summed E-state index contributed by atoms with van der Waals surface area (Å²) in [6, 6.07) is 0. The number of aryl methyl sites for hydroxylation is 1. The molecule has 0 saturated carbocycles. The normalized spacial score (nSPS) is 17.8. The highest BCUT2D eigenvalue weighted by Gasteiger charge is 2.30. The lowest BCUT2D eigenvalue weighted by atomic mass is 10.1. The summed E-state index contributed by atoms with van der Waals surface area (Å²) in [7, 11) is -3.50. The molecule has 0 aliphatic carbocycles. The first-order valence-corrected chi connectivity index (χ1v) is 7.30. The highest BCUT2D eigenvalue weighted by molar-refractivity contribution is 7.89. The van der Waals surface area contributed by atoms with Crippen LogP contribution in [0, 0.1) is 6.92 Å². The van der Waals surface area contributed by atoms with E-state index in [1.165, 1.54) is 9.88 Å². The molecule has 2 heterocycles. The number of hydrogen-bond acceptors (Lipinski definition) is 4. The van der Waals surface area contributed by atoms with Gasteiger partial charge in [0.2, 0.25) is 10.0 Å². The number of hydrogen-bond donors (Lipinski definition) is 2. The van der Waals surface area contributed by atoms with Crippen molar-refractivity contribution in [3.63, 3.8) is 0 Å². The van der Waals surface area contributed by atoms with E-state index < -0.39 is 10.0 Å². The molecule has 0 fully saturated rings. The smallest absolute Gasteiger partial charge is 0.247 e. The van der Waals surface area contributed by atoms with E-state index in [4.69, 9.17) is 5.73 Å². The van der Waals surface area contributed by atoms with E-state index in [1.54, 1.807) is 6.92 Å². The van der Waals surface area contributed by atoms with E-state index in [0.29, 0.717) is 24.5 Å². The van der Waals surface area contributed by atoms with Crippen LogP contribution in [-0.2, 0) is 16.6 Å². The molecule has 18 heavy (non-hydrogen) atoms. The summed E-state index contributed by atoms with van der Waals surface area (Å²) in [5.41, 5.74) is 7.71. The van der Waals surface area contributed by atoms with Gasteiger partial charge in [-0.15, -0.1) is 0 Å². The Hall–Kier alpha value is -1.18. The number of nitrogens with one attached hydrogen (secondary N) is 1. The molecule has 0 amide bonds. The largest absolute Gasteiger partial charge is 0.325 e. The molecule has 0 saturated heterocycles. The molecule has 100 valence electrons. The van der Waals surface area contributed by atoms with Crippen molar-refractivity contribution in [2.45, 2.75) is 31.7 Å². The van der Waals surface area contributed by atoms with Crippen LogP contribution < -0.4 is 5.73 Å². The standard InChI is InChI=1S/C11H18N4O2S/c1-8-3-5-15(6-4-8)18(16,17)11-9(2)13-14-10(11)7-12/h3H,4-7,12H2,1-2H3,(H,13,14). The van der Waals surface area contributed by atoms with E-state index in [1.807, 2.05) is 13.0 Å². The number of nitrogens with two attached hydrogens (primary N) is 1. The average molecular weight is 270 g/mol. The minimum absolute atomic E-state index is 0.113. The van der Waals surface area contributed by atoms with Gasteiger partial charge < -0.3 is 5.73 Å². The number of aromatic amines is 1. The molecule has 0 bridgehead atoms. The fraction of sp³-hybridized carbons (Fsp3) is 0.545. The fourth-order valence-electron chi connectivity index (χ4n) is 2.05. The molecule has 1 aromatic rings. The first kappa shape index (κ1) is 13.3. The zero-order valence-electron chi connectivity index (χ0n) is 10.6. The lowest BCUT2D eigenvalue weighted by Gasteiger charge is -2.24. The molecule has 0 spiro atoms. The first-order valence-electron chi connectivity index (χ1n) is 5.86. The topological polar surface area (TPSA) is 92.1 Å².